The first-order valence-corrected chi connectivity index (χ1v) is 26.8. The number of benzene rings is 1. The predicted octanol–water partition coefficient (Wildman–Crippen LogP) is 9.83. The molecule has 1 heterocycles. The van der Waals surface area contributed by atoms with Crippen molar-refractivity contribution < 1.29 is 62.4 Å². The standard InChI is InChI=1S/C57H90N6O13/c1-16-18-19-20-21-22-23-26-32-63(53(71)75-56(9,10)11)33-30-46(64)60-43(27-24-25-31-58-52(70)74-55(6,7)8)50(67)62(15)47-40-28-29-45(73-54(72)76-57(12,13)14)42(36-40)41(37(3)4)34-39(17-2)35-44(51(68)69)61-48(65)38(5)59-49(47)66/h17,28-29,34,36,38,43-44,47H,3,16,18-27,30-33,35H2,1-2,4-15H3,(H,58,70)(H,59,66)(H,60,64)(H,61,65)(H,68,69)/b39-17+,41-34+/t38-,43-,44-,47-/m0/s1. The van der Waals surface area contributed by atoms with Gasteiger partial charge in [-0.05, 0) is 138 Å². The number of fused-ring (bicyclic) bond motifs is 2. The van der Waals surface area contributed by atoms with E-state index >= 15 is 4.79 Å². The quantitative estimate of drug-likeness (QED) is 0.0297. The number of hydrogen-bond acceptors (Lipinski definition) is 12. The molecule has 5 N–H and O–H groups in total. The monoisotopic (exact) mass is 1070 g/mol. The highest BCUT2D eigenvalue weighted by atomic mass is 16.7. The Morgan fingerprint density at radius 2 is 1.43 bits per heavy atom. The van der Waals surface area contributed by atoms with Gasteiger partial charge in [-0.15, -0.1) is 0 Å². The van der Waals surface area contributed by atoms with E-state index in [0.717, 1.165) is 37.0 Å². The maximum Gasteiger partial charge on any atom is 0.514 e. The third-order valence-corrected chi connectivity index (χ3v) is 11.9. The summed E-state index contributed by atoms with van der Waals surface area (Å²) < 4.78 is 22.3. The van der Waals surface area contributed by atoms with E-state index in [2.05, 4.69) is 34.8 Å². The summed E-state index contributed by atoms with van der Waals surface area (Å²) in [5.74, 6) is -4.25. The fraction of sp³-hybridized carbons (Fsp3) is 0.649. The summed E-state index contributed by atoms with van der Waals surface area (Å²) >= 11 is 0. The van der Waals surface area contributed by atoms with Gasteiger partial charge in [-0.3, -0.25) is 19.2 Å². The van der Waals surface area contributed by atoms with E-state index in [1.807, 2.05) is 0 Å². The molecule has 0 radical (unpaired) electrons. The molecule has 0 spiro atoms. The van der Waals surface area contributed by atoms with Crippen LogP contribution in [0.15, 0.2) is 48.1 Å². The number of amides is 6. The Morgan fingerprint density at radius 3 is 2.00 bits per heavy atom. The molecule has 0 unspecified atom stereocenters. The van der Waals surface area contributed by atoms with Gasteiger partial charge in [-0.2, -0.15) is 0 Å². The molecule has 0 aliphatic carbocycles. The number of unbranched alkanes of at least 4 members (excludes halogenated alkanes) is 8. The van der Waals surface area contributed by atoms with Gasteiger partial charge in [-0.1, -0.05) is 82.2 Å². The average molecular weight is 1070 g/mol. The number of carboxylic acid groups (broad SMARTS) is 1. The molecular formula is C57H90N6O13. The highest BCUT2D eigenvalue weighted by Gasteiger charge is 2.37. The van der Waals surface area contributed by atoms with Crippen LogP contribution in [0, 0.1) is 0 Å². The van der Waals surface area contributed by atoms with Crippen LogP contribution in [0.25, 0.3) is 5.57 Å². The third kappa shape index (κ3) is 24.5. The molecule has 19 nitrogen and oxygen atoms in total. The summed E-state index contributed by atoms with van der Waals surface area (Å²) in [6.45, 7) is 27.1. The second-order valence-electron chi connectivity index (χ2n) is 22.4. The maximum atomic E-state index is 15.1. The number of ether oxygens (including phenoxy) is 4. The lowest BCUT2D eigenvalue weighted by atomic mass is 9.91. The number of rotatable bonds is 23. The Balaban J connectivity index is 2.74. The van der Waals surface area contributed by atoms with Crippen molar-refractivity contribution in [2.75, 3.05) is 26.7 Å². The molecule has 76 heavy (non-hydrogen) atoms. The SMILES string of the molecule is C=C(C)/C1=C\C(=C/C)C[C@@H](C(=O)O)NC(=O)[C@H](C)NC(=O)[C@@H](N(C)C(=O)[C@H](CCCCNC(=O)OC(C)(C)C)NC(=O)CCN(CCCCCCCCCC)C(=O)OC(C)(C)C)c2ccc(OC(=O)OC(C)(C)C)c1c2. The van der Waals surface area contributed by atoms with E-state index < -0.39 is 88.9 Å². The first kappa shape index (κ1) is 65.7. The number of hydrogen-bond donors (Lipinski definition) is 5. The van der Waals surface area contributed by atoms with Crippen LogP contribution in [0.4, 0.5) is 14.4 Å². The first-order chi connectivity index (χ1) is 35.4. The third-order valence-electron chi connectivity index (χ3n) is 11.9. The molecule has 0 saturated carbocycles. The molecule has 2 bridgehead atoms. The second kappa shape index (κ2) is 31.0. The number of allylic oxidation sites excluding steroid dienone is 4. The molecule has 0 saturated heterocycles. The van der Waals surface area contributed by atoms with Gasteiger partial charge >= 0.3 is 24.3 Å². The van der Waals surface area contributed by atoms with Crippen LogP contribution in [0.3, 0.4) is 0 Å². The fourth-order valence-electron chi connectivity index (χ4n) is 8.06. The van der Waals surface area contributed by atoms with E-state index in [0.29, 0.717) is 42.5 Å². The second-order valence-corrected chi connectivity index (χ2v) is 22.4. The van der Waals surface area contributed by atoms with Gasteiger partial charge < -0.3 is 55.1 Å². The van der Waals surface area contributed by atoms with Crippen molar-refractivity contribution in [1.29, 1.82) is 0 Å². The largest absolute Gasteiger partial charge is 0.514 e. The van der Waals surface area contributed by atoms with E-state index in [1.54, 1.807) is 94.4 Å². The molecule has 1 aromatic carbocycles. The van der Waals surface area contributed by atoms with Crippen LogP contribution in [0.2, 0.25) is 0 Å². The number of aliphatic carboxylic acids is 1. The molecule has 6 amide bonds. The zero-order valence-electron chi connectivity index (χ0n) is 48.0. The summed E-state index contributed by atoms with van der Waals surface area (Å²) in [4.78, 5) is 112. The number of nitrogens with zero attached hydrogens (tertiary/aromatic N) is 2. The van der Waals surface area contributed by atoms with Crippen molar-refractivity contribution in [3.63, 3.8) is 0 Å². The van der Waals surface area contributed by atoms with E-state index in [4.69, 9.17) is 18.9 Å². The lowest BCUT2D eigenvalue weighted by Gasteiger charge is -2.33. The molecule has 0 fully saturated rings. The van der Waals surface area contributed by atoms with Crippen molar-refractivity contribution in [3.05, 3.63) is 59.2 Å². The molecule has 19 heteroatoms. The smallest absolute Gasteiger partial charge is 0.480 e. The average Bonchev–Trinajstić information content (AvgIpc) is 3.29. The van der Waals surface area contributed by atoms with Crippen molar-refractivity contribution >= 4 is 53.5 Å². The van der Waals surface area contributed by atoms with E-state index in [-0.39, 0.29) is 49.2 Å². The van der Waals surface area contributed by atoms with Gasteiger partial charge in [0.05, 0.1) is 0 Å². The summed E-state index contributed by atoms with van der Waals surface area (Å²) in [7, 11) is 1.37. The van der Waals surface area contributed by atoms with Gasteiger partial charge in [0.2, 0.25) is 23.6 Å². The minimum absolute atomic E-state index is 0.00444. The van der Waals surface area contributed by atoms with Gasteiger partial charge in [0.1, 0.15) is 46.7 Å². The predicted molar refractivity (Wildman–Crippen MR) is 292 cm³/mol. The van der Waals surface area contributed by atoms with Crippen molar-refractivity contribution in [2.24, 2.45) is 0 Å². The van der Waals surface area contributed by atoms with Crippen LogP contribution in [-0.2, 0) is 38.2 Å². The normalized spacial score (nSPS) is 18.1. The van der Waals surface area contributed by atoms with Crippen LogP contribution in [-0.4, -0.2) is 124 Å². The molecule has 1 aliphatic rings. The van der Waals surface area contributed by atoms with E-state index in [1.165, 1.54) is 43.8 Å². The Morgan fingerprint density at radius 1 is 0.829 bits per heavy atom. The highest BCUT2D eigenvalue weighted by Crippen LogP contribution is 2.36. The Hall–Kier alpha value is -6.40. The van der Waals surface area contributed by atoms with Crippen molar-refractivity contribution in [2.45, 2.75) is 214 Å². The van der Waals surface area contributed by atoms with E-state index in [9.17, 15) is 38.7 Å². The number of carboxylic acids is 1. The van der Waals surface area contributed by atoms with Crippen LogP contribution >= 0.6 is 0 Å². The number of carbonyl (C=O) groups is 8. The van der Waals surface area contributed by atoms with Gasteiger partial charge in [0.15, 0.2) is 0 Å². The zero-order valence-corrected chi connectivity index (χ0v) is 48.0. The summed E-state index contributed by atoms with van der Waals surface area (Å²) in [5, 5.41) is 21.0. The molecule has 2 rings (SSSR count). The summed E-state index contributed by atoms with van der Waals surface area (Å²) in [6.07, 6.45) is 9.87. The topological polar surface area (TPSA) is 248 Å². The molecule has 426 valence electrons. The summed E-state index contributed by atoms with van der Waals surface area (Å²) in [5.41, 5.74) is -0.729. The number of likely N-dealkylation sites (N-methyl/N-ethyl adjacent to an activating group) is 1. The highest BCUT2D eigenvalue weighted by molar-refractivity contribution is 5.96. The van der Waals surface area contributed by atoms with Crippen LogP contribution < -0.4 is 26.0 Å². The molecule has 1 aliphatic heterocycles. The molecule has 4 atom stereocenters. The van der Waals surface area contributed by atoms with Crippen LogP contribution in [0.5, 0.6) is 5.75 Å². The minimum Gasteiger partial charge on any atom is -0.480 e. The zero-order chi connectivity index (χ0) is 57.6. The first-order valence-electron chi connectivity index (χ1n) is 26.8. The van der Waals surface area contributed by atoms with Crippen molar-refractivity contribution in [1.82, 2.24) is 31.1 Å². The number of carbonyl (C=O) groups excluding carboxylic acids is 7. The Labute approximate surface area is 451 Å². The molecule has 0 aromatic heterocycles. The lowest BCUT2D eigenvalue weighted by Crippen LogP contribution is -2.54. The van der Waals surface area contributed by atoms with Gasteiger partial charge in [-0.25, -0.2) is 19.2 Å². The maximum absolute atomic E-state index is 15.1. The van der Waals surface area contributed by atoms with Gasteiger partial charge in [0, 0.05) is 45.1 Å². The minimum atomic E-state index is -1.52. The molecular weight excluding hydrogens is 977 g/mol. The van der Waals surface area contributed by atoms with Gasteiger partial charge in [0.25, 0.3) is 0 Å². The number of nitrogens with one attached hydrogen (secondary N) is 4. The summed E-state index contributed by atoms with van der Waals surface area (Å²) in [6, 6.07) is -1.06. The lowest BCUT2D eigenvalue weighted by molar-refractivity contribution is -0.144. The Kier molecular flexibility index (Phi) is 26.8. The number of alkyl carbamates (subject to hydrolysis) is 1. The fourth-order valence-corrected chi connectivity index (χ4v) is 8.06. The van der Waals surface area contributed by atoms with Crippen LogP contribution in [0.1, 0.15) is 191 Å². The molecule has 1 aromatic rings. The Bertz CT molecular complexity index is 2240. The van der Waals surface area contributed by atoms with Crippen molar-refractivity contribution in [3.8, 4) is 5.75 Å².